The van der Waals surface area contributed by atoms with Crippen LogP contribution in [-0.4, -0.2) is 21.1 Å². The first-order chi connectivity index (χ1) is 14.5. The first kappa shape index (κ1) is 20.9. The minimum absolute atomic E-state index is 0.145. The van der Waals surface area contributed by atoms with Crippen LogP contribution in [0.2, 0.25) is 10.0 Å². The number of benzene rings is 2. The van der Waals surface area contributed by atoms with Crippen molar-refractivity contribution in [3.05, 3.63) is 69.7 Å². The molecule has 0 fully saturated rings. The van der Waals surface area contributed by atoms with Gasteiger partial charge in [-0.25, -0.2) is 4.98 Å². The number of rotatable bonds is 6. The maximum atomic E-state index is 12.2. The van der Waals surface area contributed by atoms with Gasteiger partial charge in [0, 0.05) is 33.7 Å². The van der Waals surface area contributed by atoms with Gasteiger partial charge in [-0.1, -0.05) is 47.1 Å². The molecule has 0 aliphatic carbocycles. The van der Waals surface area contributed by atoms with Crippen molar-refractivity contribution in [3.63, 3.8) is 0 Å². The average Bonchev–Trinajstić information content (AvgIpc) is 3.36. The van der Waals surface area contributed by atoms with Gasteiger partial charge in [-0.15, -0.1) is 21.5 Å². The largest absolute Gasteiger partial charge is 0.411 e. The van der Waals surface area contributed by atoms with Crippen LogP contribution in [0.25, 0.3) is 11.5 Å². The van der Waals surface area contributed by atoms with Gasteiger partial charge >= 0.3 is 0 Å². The SMILES string of the molecule is CC(=O)N(c1cccc(Cl)c1)c1nc(CSc2nnc(-c3cccc(Cl)c3)o2)cs1. The summed E-state index contributed by atoms with van der Waals surface area (Å²) < 4.78 is 5.70. The molecule has 0 aliphatic heterocycles. The minimum Gasteiger partial charge on any atom is -0.411 e. The Kier molecular flexibility index (Phi) is 6.38. The molecule has 30 heavy (non-hydrogen) atoms. The van der Waals surface area contributed by atoms with E-state index >= 15 is 0 Å². The summed E-state index contributed by atoms with van der Waals surface area (Å²) >= 11 is 14.8. The van der Waals surface area contributed by atoms with Crippen molar-refractivity contribution in [2.75, 3.05) is 4.90 Å². The van der Waals surface area contributed by atoms with Crippen LogP contribution in [0.5, 0.6) is 0 Å². The summed E-state index contributed by atoms with van der Waals surface area (Å²) in [7, 11) is 0. The second-order valence-corrected chi connectivity index (χ2v) is 8.76. The Morgan fingerprint density at radius 3 is 2.63 bits per heavy atom. The number of halogens is 2. The minimum atomic E-state index is -0.145. The molecular weight excluding hydrogens is 463 g/mol. The summed E-state index contributed by atoms with van der Waals surface area (Å²) in [6.07, 6.45) is 0. The molecule has 1 amide bonds. The number of thiazole rings is 1. The highest BCUT2D eigenvalue weighted by atomic mass is 35.5. The third-order valence-corrected chi connectivity index (χ3v) is 6.13. The fraction of sp³-hybridized carbons (Fsp3) is 0.100. The molecule has 0 radical (unpaired) electrons. The van der Waals surface area contributed by atoms with Crippen molar-refractivity contribution in [1.82, 2.24) is 15.2 Å². The van der Waals surface area contributed by atoms with Gasteiger partial charge in [0.15, 0.2) is 5.13 Å². The summed E-state index contributed by atoms with van der Waals surface area (Å²) in [5, 5.41) is 12.2. The molecule has 2 heterocycles. The van der Waals surface area contributed by atoms with Gasteiger partial charge in [-0.05, 0) is 36.4 Å². The monoisotopic (exact) mass is 476 g/mol. The number of carbonyl (C=O) groups is 1. The molecule has 152 valence electrons. The lowest BCUT2D eigenvalue weighted by Crippen LogP contribution is -2.22. The van der Waals surface area contributed by atoms with E-state index in [1.165, 1.54) is 34.9 Å². The van der Waals surface area contributed by atoms with E-state index in [-0.39, 0.29) is 5.91 Å². The summed E-state index contributed by atoms with van der Waals surface area (Å²) in [6, 6.07) is 14.3. The van der Waals surface area contributed by atoms with E-state index in [1.807, 2.05) is 23.6 Å². The third kappa shape index (κ3) is 4.84. The molecule has 2 aromatic carbocycles. The smallest absolute Gasteiger partial charge is 0.277 e. The number of carbonyl (C=O) groups excluding carboxylic acids is 1. The molecule has 0 aliphatic rings. The van der Waals surface area contributed by atoms with Gasteiger partial charge in [-0.3, -0.25) is 9.69 Å². The van der Waals surface area contributed by atoms with Crippen LogP contribution in [-0.2, 0) is 10.5 Å². The van der Waals surface area contributed by atoms with Crippen LogP contribution in [0.15, 0.2) is 63.6 Å². The summed E-state index contributed by atoms with van der Waals surface area (Å²) in [5.74, 6) is 0.783. The first-order valence-electron chi connectivity index (χ1n) is 8.72. The Balaban J connectivity index is 1.46. The maximum absolute atomic E-state index is 12.2. The number of nitrogens with zero attached hydrogens (tertiary/aromatic N) is 4. The molecule has 0 bridgehead atoms. The van der Waals surface area contributed by atoms with Gasteiger partial charge < -0.3 is 4.42 Å². The molecular formula is C20H14Cl2N4O2S2. The fourth-order valence-corrected chi connectivity index (χ4v) is 4.67. The molecule has 0 saturated carbocycles. The van der Waals surface area contributed by atoms with E-state index in [0.29, 0.717) is 37.7 Å². The Morgan fingerprint density at radius 1 is 1.13 bits per heavy atom. The Morgan fingerprint density at radius 2 is 1.90 bits per heavy atom. The van der Waals surface area contributed by atoms with Crippen LogP contribution in [0.1, 0.15) is 12.6 Å². The quantitative estimate of drug-likeness (QED) is 0.296. The van der Waals surface area contributed by atoms with Crippen LogP contribution in [0.4, 0.5) is 10.8 Å². The van der Waals surface area contributed by atoms with Gasteiger partial charge in [0.25, 0.3) is 5.22 Å². The van der Waals surface area contributed by atoms with Gasteiger partial charge in [-0.2, -0.15) is 0 Å². The third-order valence-electron chi connectivity index (χ3n) is 3.93. The summed E-state index contributed by atoms with van der Waals surface area (Å²) in [6.45, 7) is 1.49. The van der Waals surface area contributed by atoms with Gasteiger partial charge in [0.2, 0.25) is 11.8 Å². The molecule has 4 rings (SSSR count). The van der Waals surface area contributed by atoms with E-state index in [1.54, 1.807) is 30.3 Å². The lowest BCUT2D eigenvalue weighted by Gasteiger charge is -2.18. The highest BCUT2D eigenvalue weighted by molar-refractivity contribution is 7.98. The second-order valence-electron chi connectivity index (χ2n) is 6.13. The van der Waals surface area contributed by atoms with Crippen molar-refractivity contribution in [2.24, 2.45) is 0 Å². The second kappa shape index (κ2) is 9.18. The number of amides is 1. The normalized spacial score (nSPS) is 10.9. The molecule has 0 N–H and O–H groups in total. The number of hydrogen-bond donors (Lipinski definition) is 0. The van der Waals surface area contributed by atoms with Gasteiger partial charge in [0.05, 0.1) is 11.4 Å². The number of hydrogen-bond acceptors (Lipinski definition) is 7. The molecule has 0 atom stereocenters. The van der Waals surface area contributed by atoms with Crippen molar-refractivity contribution in [1.29, 1.82) is 0 Å². The predicted molar refractivity (Wildman–Crippen MR) is 121 cm³/mol. The number of thioether (sulfide) groups is 1. The number of aromatic nitrogens is 3. The Labute approximate surface area is 190 Å². The van der Waals surface area contributed by atoms with Crippen LogP contribution >= 0.6 is 46.3 Å². The maximum Gasteiger partial charge on any atom is 0.277 e. The van der Waals surface area contributed by atoms with Gasteiger partial charge in [0.1, 0.15) is 0 Å². The zero-order valence-corrected chi connectivity index (χ0v) is 18.7. The van der Waals surface area contributed by atoms with E-state index in [0.717, 1.165) is 11.3 Å². The highest BCUT2D eigenvalue weighted by Crippen LogP contribution is 2.32. The van der Waals surface area contributed by atoms with Crippen molar-refractivity contribution in [2.45, 2.75) is 17.9 Å². The Hall–Kier alpha value is -2.39. The molecule has 10 heteroatoms. The lowest BCUT2D eigenvalue weighted by molar-refractivity contribution is -0.115. The zero-order valence-electron chi connectivity index (χ0n) is 15.6. The van der Waals surface area contributed by atoms with Crippen LogP contribution in [0, 0.1) is 0 Å². The van der Waals surface area contributed by atoms with Crippen LogP contribution < -0.4 is 4.90 Å². The molecule has 6 nitrogen and oxygen atoms in total. The highest BCUT2D eigenvalue weighted by Gasteiger charge is 2.19. The van der Waals surface area contributed by atoms with E-state index in [2.05, 4.69) is 15.2 Å². The fourth-order valence-electron chi connectivity index (χ4n) is 2.65. The predicted octanol–water partition coefficient (Wildman–Crippen LogP) is 6.48. The lowest BCUT2D eigenvalue weighted by atomic mass is 10.2. The van der Waals surface area contributed by atoms with E-state index in [4.69, 9.17) is 27.6 Å². The molecule has 0 saturated heterocycles. The standard InChI is InChI=1S/C20H14Cl2N4O2S2/c1-12(27)26(17-7-3-6-15(22)9-17)19-23-16(10-29-19)11-30-20-25-24-18(28-20)13-4-2-5-14(21)8-13/h2-10H,11H2,1H3. The Bertz CT molecular complexity index is 1190. The molecule has 2 aromatic heterocycles. The van der Waals surface area contributed by atoms with Crippen molar-refractivity contribution in [3.8, 4) is 11.5 Å². The molecule has 4 aromatic rings. The molecule has 0 unspecified atom stereocenters. The first-order valence-corrected chi connectivity index (χ1v) is 11.3. The summed E-state index contributed by atoms with van der Waals surface area (Å²) in [4.78, 5) is 18.3. The number of anilines is 2. The topological polar surface area (TPSA) is 72.1 Å². The molecule has 0 spiro atoms. The van der Waals surface area contributed by atoms with Crippen molar-refractivity contribution < 1.29 is 9.21 Å². The zero-order chi connectivity index (χ0) is 21.1. The van der Waals surface area contributed by atoms with Crippen LogP contribution in [0.3, 0.4) is 0 Å². The van der Waals surface area contributed by atoms with E-state index in [9.17, 15) is 4.79 Å². The average molecular weight is 477 g/mol. The summed E-state index contributed by atoms with van der Waals surface area (Å²) in [5.41, 5.74) is 2.24. The van der Waals surface area contributed by atoms with E-state index < -0.39 is 0 Å². The van der Waals surface area contributed by atoms with Crippen molar-refractivity contribution >= 4 is 63.0 Å².